The highest BCUT2D eigenvalue weighted by molar-refractivity contribution is 5.39. The second kappa shape index (κ2) is 4.89. The van der Waals surface area contributed by atoms with Crippen LogP contribution >= 0.6 is 0 Å². The molecule has 1 aromatic rings. The third kappa shape index (κ3) is 2.95. The quantitative estimate of drug-likeness (QED) is 0.798. The van der Waals surface area contributed by atoms with Gasteiger partial charge in [0.2, 0.25) is 0 Å². The molecule has 1 N–H and O–H groups in total. The Balaban J connectivity index is 2.69. The third-order valence-electron chi connectivity index (χ3n) is 2.02. The van der Waals surface area contributed by atoms with Crippen molar-refractivity contribution in [1.29, 1.82) is 0 Å². The molecular formula is C12H18O2. The summed E-state index contributed by atoms with van der Waals surface area (Å²) in [4.78, 5) is 0. The van der Waals surface area contributed by atoms with Crippen molar-refractivity contribution < 1.29 is 9.84 Å². The van der Waals surface area contributed by atoms with Gasteiger partial charge in [-0.1, -0.05) is 20.8 Å². The van der Waals surface area contributed by atoms with Crippen LogP contribution < -0.4 is 4.74 Å². The summed E-state index contributed by atoms with van der Waals surface area (Å²) in [5.74, 6) is 1.71. The second-order valence-corrected chi connectivity index (χ2v) is 3.85. The summed E-state index contributed by atoms with van der Waals surface area (Å²) in [7, 11) is 0. The maximum Gasteiger partial charge on any atom is 0.119 e. The first-order valence-corrected chi connectivity index (χ1v) is 5.08. The van der Waals surface area contributed by atoms with Crippen molar-refractivity contribution >= 4 is 0 Å². The van der Waals surface area contributed by atoms with Crippen LogP contribution in [0.4, 0.5) is 0 Å². The standard InChI is InChI=1S/C12H18O2/c1-4-10-7-11(5-6-12(10)13)14-8-9(2)3/h5-7,9,13H,4,8H2,1-3H3. The van der Waals surface area contributed by atoms with Gasteiger partial charge in [0.15, 0.2) is 0 Å². The molecule has 0 fully saturated rings. The predicted octanol–water partition coefficient (Wildman–Crippen LogP) is 2.99. The van der Waals surface area contributed by atoms with Crippen molar-refractivity contribution in [2.45, 2.75) is 27.2 Å². The fraction of sp³-hybridized carbons (Fsp3) is 0.500. The normalized spacial score (nSPS) is 10.6. The summed E-state index contributed by atoms with van der Waals surface area (Å²) in [6.45, 7) is 6.96. The molecule has 0 aliphatic carbocycles. The van der Waals surface area contributed by atoms with Gasteiger partial charge in [0.1, 0.15) is 11.5 Å². The van der Waals surface area contributed by atoms with Gasteiger partial charge in [-0.25, -0.2) is 0 Å². The van der Waals surface area contributed by atoms with Gasteiger partial charge < -0.3 is 9.84 Å². The fourth-order valence-corrected chi connectivity index (χ4v) is 1.20. The summed E-state index contributed by atoms with van der Waals surface area (Å²) in [5.41, 5.74) is 0.936. The van der Waals surface area contributed by atoms with Crippen LogP contribution in [0.15, 0.2) is 18.2 Å². The average Bonchev–Trinajstić information content (AvgIpc) is 2.16. The van der Waals surface area contributed by atoms with E-state index in [9.17, 15) is 5.11 Å². The zero-order valence-corrected chi connectivity index (χ0v) is 9.08. The Labute approximate surface area is 85.5 Å². The SMILES string of the molecule is CCc1cc(OCC(C)C)ccc1O. The molecular weight excluding hydrogens is 176 g/mol. The van der Waals surface area contributed by atoms with Gasteiger partial charge >= 0.3 is 0 Å². The van der Waals surface area contributed by atoms with Crippen molar-refractivity contribution in [3.63, 3.8) is 0 Å². The number of hydrogen-bond donors (Lipinski definition) is 1. The molecule has 2 heteroatoms. The molecule has 0 unspecified atom stereocenters. The van der Waals surface area contributed by atoms with Crippen molar-refractivity contribution in [2.75, 3.05) is 6.61 Å². The Bertz CT molecular complexity index is 292. The molecule has 0 bridgehead atoms. The van der Waals surface area contributed by atoms with Crippen molar-refractivity contribution in [2.24, 2.45) is 5.92 Å². The van der Waals surface area contributed by atoms with Crippen molar-refractivity contribution in [3.8, 4) is 11.5 Å². The molecule has 1 rings (SSSR count). The Hall–Kier alpha value is -1.18. The molecule has 0 spiro atoms. The molecule has 2 nitrogen and oxygen atoms in total. The van der Waals surface area contributed by atoms with E-state index in [-0.39, 0.29) is 0 Å². The minimum Gasteiger partial charge on any atom is -0.508 e. The Morgan fingerprint density at radius 3 is 2.64 bits per heavy atom. The number of ether oxygens (including phenoxy) is 1. The van der Waals surface area contributed by atoms with Gasteiger partial charge in [-0.2, -0.15) is 0 Å². The van der Waals surface area contributed by atoms with Gasteiger partial charge in [0.05, 0.1) is 6.61 Å². The molecule has 14 heavy (non-hydrogen) atoms. The van der Waals surface area contributed by atoms with E-state index >= 15 is 0 Å². The Morgan fingerprint density at radius 2 is 2.07 bits per heavy atom. The zero-order chi connectivity index (χ0) is 10.6. The molecule has 0 aliphatic rings. The maximum atomic E-state index is 9.46. The van der Waals surface area contributed by atoms with Gasteiger partial charge in [-0.05, 0) is 36.1 Å². The van der Waals surface area contributed by atoms with E-state index < -0.39 is 0 Å². The lowest BCUT2D eigenvalue weighted by Crippen LogP contribution is -2.04. The average molecular weight is 194 g/mol. The van der Waals surface area contributed by atoms with Gasteiger partial charge in [0.25, 0.3) is 0 Å². The number of phenolic OH excluding ortho intramolecular Hbond substituents is 1. The molecule has 0 heterocycles. The highest BCUT2D eigenvalue weighted by atomic mass is 16.5. The van der Waals surface area contributed by atoms with E-state index in [1.165, 1.54) is 0 Å². The predicted molar refractivity (Wildman–Crippen MR) is 57.8 cm³/mol. The molecule has 0 amide bonds. The Morgan fingerprint density at radius 1 is 1.36 bits per heavy atom. The van der Waals surface area contributed by atoms with Gasteiger partial charge in [-0.15, -0.1) is 0 Å². The zero-order valence-electron chi connectivity index (χ0n) is 9.08. The highest BCUT2D eigenvalue weighted by Gasteiger charge is 2.02. The Kier molecular flexibility index (Phi) is 3.81. The highest BCUT2D eigenvalue weighted by Crippen LogP contribution is 2.23. The monoisotopic (exact) mass is 194 g/mol. The first kappa shape index (κ1) is 10.9. The summed E-state index contributed by atoms with van der Waals surface area (Å²) < 4.78 is 5.55. The molecule has 0 saturated heterocycles. The van der Waals surface area contributed by atoms with Crippen molar-refractivity contribution in [3.05, 3.63) is 23.8 Å². The lowest BCUT2D eigenvalue weighted by molar-refractivity contribution is 0.270. The van der Waals surface area contributed by atoms with E-state index in [0.717, 1.165) is 17.7 Å². The molecule has 0 atom stereocenters. The van der Waals surface area contributed by atoms with E-state index in [0.29, 0.717) is 18.3 Å². The van der Waals surface area contributed by atoms with Crippen LogP contribution in [0.2, 0.25) is 0 Å². The fourth-order valence-electron chi connectivity index (χ4n) is 1.20. The number of benzene rings is 1. The van der Waals surface area contributed by atoms with Gasteiger partial charge in [-0.3, -0.25) is 0 Å². The molecule has 0 saturated carbocycles. The molecule has 0 aliphatic heterocycles. The van der Waals surface area contributed by atoms with Crippen LogP contribution in [0.5, 0.6) is 11.5 Å². The maximum absolute atomic E-state index is 9.46. The number of aryl methyl sites for hydroxylation is 1. The smallest absolute Gasteiger partial charge is 0.119 e. The van der Waals surface area contributed by atoms with Crippen LogP contribution in [-0.4, -0.2) is 11.7 Å². The summed E-state index contributed by atoms with van der Waals surface area (Å²) in [6.07, 6.45) is 0.824. The summed E-state index contributed by atoms with van der Waals surface area (Å²) >= 11 is 0. The van der Waals surface area contributed by atoms with Crippen LogP contribution in [-0.2, 0) is 6.42 Å². The molecule has 78 valence electrons. The number of rotatable bonds is 4. The van der Waals surface area contributed by atoms with Gasteiger partial charge in [0, 0.05) is 0 Å². The largest absolute Gasteiger partial charge is 0.508 e. The van der Waals surface area contributed by atoms with Crippen LogP contribution in [0.3, 0.4) is 0 Å². The topological polar surface area (TPSA) is 29.5 Å². The van der Waals surface area contributed by atoms with E-state index in [1.54, 1.807) is 12.1 Å². The van der Waals surface area contributed by atoms with Crippen LogP contribution in [0.25, 0.3) is 0 Å². The lowest BCUT2D eigenvalue weighted by atomic mass is 10.1. The second-order valence-electron chi connectivity index (χ2n) is 3.85. The van der Waals surface area contributed by atoms with E-state index in [1.807, 2.05) is 13.0 Å². The van der Waals surface area contributed by atoms with Crippen LogP contribution in [0, 0.1) is 5.92 Å². The minimum atomic E-state index is 0.351. The van der Waals surface area contributed by atoms with Crippen LogP contribution in [0.1, 0.15) is 26.3 Å². The molecule has 0 aromatic heterocycles. The lowest BCUT2D eigenvalue weighted by Gasteiger charge is -2.10. The molecule has 1 aromatic carbocycles. The summed E-state index contributed by atoms with van der Waals surface area (Å²) in [5, 5.41) is 9.46. The minimum absolute atomic E-state index is 0.351. The van der Waals surface area contributed by atoms with E-state index in [2.05, 4.69) is 13.8 Å². The first-order valence-electron chi connectivity index (χ1n) is 5.08. The molecule has 0 radical (unpaired) electrons. The summed E-state index contributed by atoms with van der Waals surface area (Å²) in [6, 6.07) is 5.39. The van der Waals surface area contributed by atoms with E-state index in [4.69, 9.17) is 4.74 Å². The van der Waals surface area contributed by atoms with Crippen molar-refractivity contribution in [1.82, 2.24) is 0 Å². The number of phenols is 1. The number of hydrogen-bond acceptors (Lipinski definition) is 2. The third-order valence-corrected chi connectivity index (χ3v) is 2.02. The number of aromatic hydroxyl groups is 1. The first-order chi connectivity index (χ1) is 6.63.